The van der Waals surface area contributed by atoms with Crippen molar-refractivity contribution in [3.05, 3.63) is 16.8 Å². The normalized spacial score (nSPS) is 18.9. The lowest BCUT2D eigenvalue weighted by Gasteiger charge is -2.14. The van der Waals surface area contributed by atoms with Crippen LogP contribution in [0.15, 0.2) is 0 Å². The lowest BCUT2D eigenvalue weighted by atomic mass is 10.1. The third-order valence-electron chi connectivity index (χ3n) is 3.15. The zero-order valence-corrected chi connectivity index (χ0v) is 11.4. The molecule has 0 saturated carbocycles. The van der Waals surface area contributed by atoms with Gasteiger partial charge in [0, 0.05) is 12.5 Å². The van der Waals surface area contributed by atoms with Gasteiger partial charge in [0.1, 0.15) is 4.99 Å². The van der Waals surface area contributed by atoms with Crippen molar-refractivity contribution in [2.45, 2.75) is 20.3 Å². The quantitative estimate of drug-likeness (QED) is 0.825. The molecule has 1 aliphatic rings. The molecule has 1 atom stereocenters. The highest BCUT2D eigenvalue weighted by Gasteiger charge is 2.19. The summed E-state index contributed by atoms with van der Waals surface area (Å²) in [7, 11) is 0. The zero-order chi connectivity index (χ0) is 13.1. The van der Waals surface area contributed by atoms with E-state index in [1.807, 2.05) is 13.8 Å². The molecule has 0 spiro atoms. The van der Waals surface area contributed by atoms with E-state index in [0.29, 0.717) is 29.0 Å². The Labute approximate surface area is 112 Å². The highest BCUT2D eigenvalue weighted by Crippen LogP contribution is 2.22. The van der Waals surface area contributed by atoms with Gasteiger partial charge < -0.3 is 15.2 Å². The predicted octanol–water partition coefficient (Wildman–Crippen LogP) is 1.14. The molecule has 5 nitrogen and oxygen atoms in total. The number of nitrogens with zero attached hydrogens (tertiary/aromatic N) is 2. The van der Waals surface area contributed by atoms with Gasteiger partial charge in [-0.1, -0.05) is 12.2 Å². The van der Waals surface area contributed by atoms with Crippen molar-refractivity contribution in [1.82, 2.24) is 10.2 Å². The highest BCUT2D eigenvalue weighted by molar-refractivity contribution is 7.80. The first-order valence-corrected chi connectivity index (χ1v) is 6.34. The molecule has 1 unspecified atom stereocenters. The number of ether oxygens (including phenoxy) is 2. The second kappa shape index (κ2) is 5.58. The van der Waals surface area contributed by atoms with Gasteiger partial charge in [0.2, 0.25) is 5.88 Å². The number of thiocarbonyl (C=S) groups is 1. The molecular formula is C12H17N3O2S. The summed E-state index contributed by atoms with van der Waals surface area (Å²) in [5.74, 6) is 0.838. The summed E-state index contributed by atoms with van der Waals surface area (Å²) in [6, 6.07) is 0. The minimum Gasteiger partial charge on any atom is -0.476 e. The summed E-state index contributed by atoms with van der Waals surface area (Å²) < 4.78 is 11.0. The zero-order valence-electron chi connectivity index (χ0n) is 10.6. The Bertz CT molecular complexity index is 459. The molecule has 0 aromatic carbocycles. The molecule has 1 fully saturated rings. The predicted molar refractivity (Wildman–Crippen MR) is 71.8 cm³/mol. The molecule has 0 radical (unpaired) electrons. The first-order valence-electron chi connectivity index (χ1n) is 5.93. The standard InChI is InChI=1S/C12H17N3O2S/c1-7-8(2)14-15-12(10(7)11(13)18)17-6-9-3-4-16-5-9/h9H,3-6H2,1-2H3,(H2,13,18). The van der Waals surface area contributed by atoms with Gasteiger partial charge in [-0.3, -0.25) is 0 Å². The minimum absolute atomic E-state index is 0.295. The van der Waals surface area contributed by atoms with Crippen LogP contribution in [0, 0.1) is 19.8 Å². The summed E-state index contributed by atoms with van der Waals surface area (Å²) >= 11 is 5.05. The fraction of sp³-hybridized carbons (Fsp3) is 0.583. The number of nitrogens with two attached hydrogens (primary N) is 1. The summed E-state index contributed by atoms with van der Waals surface area (Å²) in [6.45, 7) is 5.89. The highest BCUT2D eigenvalue weighted by atomic mass is 32.1. The van der Waals surface area contributed by atoms with Crippen molar-refractivity contribution in [3.8, 4) is 5.88 Å². The van der Waals surface area contributed by atoms with Crippen LogP contribution in [0.25, 0.3) is 0 Å². The van der Waals surface area contributed by atoms with Crippen LogP contribution in [0.3, 0.4) is 0 Å². The molecule has 0 aliphatic carbocycles. The van der Waals surface area contributed by atoms with E-state index in [-0.39, 0.29) is 0 Å². The van der Waals surface area contributed by atoms with Gasteiger partial charge in [-0.2, -0.15) is 5.10 Å². The van der Waals surface area contributed by atoms with E-state index in [1.165, 1.54) is 0 Å². The monoisotopic (exact) mass is 267 g/mol. The smallest absolute Gasteiger partial charge is 0.244 e. The van der Waals surface area contributed by atoms with Crippen molar-refractivity contribution >= 4 is 17.2 Å². The van der Waals surface area contributed by atoms with E-state index in [4.69, 9.17) is 27.4 Å². The van der Waals surface area contributed by atoms with Gasteiger partial charge in [-0.25, -0.2) is 0 Å². The Balaban J connectivity index is 2.16. The molecule has 1 aromatic rings. The van der Waals surface area contributed by atoms with E-state index in [1.54, 1.807) is 0 Å². The van der Waals surface area contributed by atoms with Gasteiger partial charge in [0.05, 0.1) is 24.5 Å². The number of aromatic nitrogens is 2. The average Bonchev–Trinajstić information content (AvgIpc) is 2.83. The van der Waals surface area contributed by atoms with E-state index in [0.717, 1.165) is 30.9 Å². The van der Waals surface area contributed by atoms with Crippen molar-refractivity contribution < 1.29 is 9.47 Å². The molecule has 98 valence electrons. The third kappa shape index (κ3) is 2.76. The first-order chi connectivity index (χ1) is 8.59. The molecule has 2 heterocycles. The largest absolute Gasteiger partial charge is 0.476 e. The molecule has 1 saturated heterocycles. The van der Waals surface area contributed by atoms with E-state index < -0.39 is 0 Å². The molecule has 0 bridgehead atoms. The fourth-order valence-electron chi connectivity index (χ4n) is 1.89. The fourth-order valence-corrected chi connectivity index (χ4v) is 2.13. The molecule has 18 heavy (non-hydrogen) atoms. The Morgan fingerprint density at radius 1 is 1.50 bits per heavy atom. The first kappa shape index (κ1) is 13.2. The van der Waals surface area contributed by atoms with Gasteiger partial charge in [-0.05, 0) is 25.8 Å². The Morgan fingerprint density at radius 2 is 2.28 bits per heavy atom. The van der Waals surface area contributed by atoms with E-state index >= 15 is 0 Å². The van der Waals surface area contributed by atoms with Crippen molar-refractivity contribution in [1.29, 1.82) is 0 Å². The molecule has 1 aromatic heterocycles. The van der Waals surface area contributed by atoms with Crippen LogP contribution in [0.4, 0.5) is 0 Å². The van der Waals surface area contributed by atoms with Crippen molar-refractivity contribution in [2.75, 3.05) is 19.8 Å². The van der Waals surface area contributed by atoms with Crippen LogP contribution in [0.1, 0.15) is 23.2 Å². The number of hydrogen-bond acceptors (Lipinski definition) is 5. The number of aryl methyl sites for hydroxylation is 1. The summed E-state index contributed by atoms with van der Waals surface area (Å²) in [5.41, 5.74) is 8.16. The van der Waals surface area contributed by atoms with Crippen LogP contribution in [-0.4, -0.2) is 35.0 Å². The third-order valence-corrected chi connectivity index (χ3v) is 3.35. The maximum absolute atomic E-state index is 5.73. The second-order valence-electron chi connectivity index (χ2n) is 4.50. The number of rotatable bonds is 4. The van der Waals surface area contributed by atoms with Crippen LogP contribution in [-0.2, 0) is 4.74 Å². The van der Waals surface area contributed by atoms with Crippen molar-refractivity contribution in [2.24, 2.45) is 11.7 Å². The van der Waals surface area contributed by atoms with Gasteiger partial charge in [0.25, 0.3) is 0 Å². The molecule has 2 rings (SSSR count). The van der Waals surface area contributed by atoms with Gasteiger partial charge >= 0.3 is 0 Å². The minimum atomic E-state index is 0.295. The lowest BCUT2D eigenvalue weighted by Crippen LogP contribution is -2.19. The summed E-state index contributed by atoms with van der Waals surface area (Å²) in [5, 5.41) is 8.09. The van der Waals surface area contributed by atoms with Crippen LogP contribution >= 0.6 is 12.2 Å². The molecular weight excluding hydrogens is 250 g/mol. The lowest BCUT2D eigenvalue weighted by molar-refractivity contribution is 0.165. The van der Waals surface area contributed by atoms with Crippen LogP contribution in [0.5, 0.6) is 5.88 Å². The Kier molecular flexibility index (Phi) is 4.08. The van der Waals surface area contributed by atoms with Gasteiger partial charge in [0.15, 0.2) is 0 Å². The van der Waals surface area contributed by atoms with Crippen LogP contribution in [0.2, 0.25) is 0 Å². The maximum Gasteiger partial charge on any atom is 0.244 e. The summed E-state index contributed by atoms with van der Waals surface area (Å²) in [6.07, 6.45) is 1.01. The number of hydrogen-bond donors (Lipinski definition) is 1. The van der Waals surface area contributed by atoms with E-state index in [2.05, 4.69) is 10.2 Å². The molecule has 1 aliphatic heterocycles. The van der Waals surface area contributed by atoms with E-state index in [9.17, 15) is 0 Å². The van der Waals surface area contributed by atoms with Crippen LogP contribution < -0.4 is 10.5 Å². The topological polar surface area (TPSA) is 70.3 Å². The van der Waals surface area contributed by atoms with Gasteiger partial charge in [-0.15, -0.1) is 5.10 Å². The average molecular weight is 267 g/mol. The second-order valence-corrected chi connectivity index (χ2v) is 4.94. The Hall–Kier alpha value is -1.27. The molecule has 6 heteroatoms. The maximum atomic E-state index is 5.73. The molecule has 0 amide bonds. The Morgan fingerprint density at radius 3 is 2.89 bits per heavy atom. The summed E-state index contributed by atoms with van der Waals surface area (Å²) in [4.78, 5) is 0.295. The molecule has 2 N–H and O–H groups in total. The van der Waals surface area contributed by atoms with Crippen molar-refractivity contribution in [3.63, 3.8) is 0 Å². The SMILES string of the molecule is Cc1nnc(OCC2CCOC2)c(C(N)=S)c1C.